The fourth-order valence-electron chi connectivity index (χ4n) is 2.60. The number of alkyl halides is 6. The number of nitrogens with one attached hydrogen (secondary N) is 3. The summed E-state index contributed by atoms with van der Waals surface area (Å²) in [6, 6.07) is 4.68. The third kappa shape index (κ3) is 8.78. The van der Waals surface area contributed by atoms with Crippen molar-refractivity contribution in [3.05, 3.63) is 72.6 Å². The molecule has 0 heterocycles. The first-order chi connectivity index (χ1) is 16.1. The predicted molar refractivity (Wildman–Crippen MR) is 123 cm³/mol. The van der Waals surface area contributed by atoms with Gasteiger partial charge >= 0.3 is 18.4 Å². The van der Waals surface area contributed by atoms with Crippen molar-refractivity contribution in [3.63, 3.8) is 0 Å². The van der Waals surface area contributed by atoms with E-state index < -0.39 is 36.8 Å². The summed E-state index contributed by atoms with van der Waals surface area (Å²) in [6.07, 6.45) is -7.30. The van der Waals surface area contributed by atoms with E-state index in [9.17, 15) is 35.9 Å². The normalized spacial score (nSPS) is 13.0. The van der Waals surface area contributed by atoms with E-state index >= 15 is 0 Å². The summed E-state index contributed by atoms with van der Waals surface area (Å²) in [4.78, 5) is 23.4. The molecule has 0 bridgehead atoms. The molecule has 5 nitrogen and oxygen atoms in total. The lowest BCUT2D eigenvalue weighted by molar-refractivity contribution is -0.139. The van der Waals surface area contributed by atoms with Gasteiger partial charge < -0.3 is 5.32 Å². The molecule has 0 spiro atoms. The van der Waals surface area contributed by atoms with Crippen LogP contribution in [0.1, 0.15) is 27.4 Å². The molecule has 0 aliphatic heterocycles. The fraction of sp³-hybridized carbons (Fsp3) is 0.200. The Balaban J connectivity index is 2.15. The van der Waals surface area contributed by atoms with Crippen molar-refractivity contribution in [3.8, 4) is 0 Å². The Morgan fingerprint density at radius 2 is 1.57 bits per heavy atom. The number of hydrogen-bond acceptors (Lipinski definition) is 2. The van der Waals surface area contributed by atoms with Crippen LogP contribution in [-0.2, 0) is 0 Å². The van der Waals surface area contributed by atoms with E-state index in [1.54, 1.807) is 5.43 Å². The van der Waals surface area contributed by atoms with Crippen LogP contribution in [0.3, 0.4) is 0 Å². The Hall–Kier alpha value is -2.15. The number of benzene rings is 2. The molecule has 0 aliphatic rings. The van der Waals surface area contributed by atoms with Crippen molar-refractivity contribution in [2.75, 3.05) is 6.54 Å². The van der Waals surface area contributed by atoms with Crippen LogP contribution in [0.4, 0.5) is 31.1 Å². The second kappa shape index (κ2) is 11.7. The first kappa shape index (κ1) is 29.1. The van der Waals surface area contributed by atoms with Gasteiger partial charge in [0, 0.05) is 4.47 Å². The van der Waals surface area contributed by atoms with E-state index in [0.717, 1.165) is 24.3 Å². The predicted octanol–water partition coefficient (Wildman–Crippen LogP) is 7.27. The fourth-order valence-corrected chi connectivity index (χ4v) is 3.79. The van der Waals surface area contributed by atoms with Crippen LogP contribution in [0.25, 0.3) is 6.08 Å². The number of carbonyl (C=O) groups is 2. The highest BCUT2D eigenvalue weighted by molar-refractivity contribution is 9.10. The first-order valence-corrected chi connectivity index (χ1v) is 11.1. The van der Waals surface area contributed by atoms with Gasteiger partial charge in [-0.15, -0.1) is 0 Å². The van der Waals surface area contributed by atoms with Gasteiger partial charge in [-0.3, -0.25) is 10.2 Å². The summed E-state index contributed by atoms with van der Waals surface area (Å²) in [5.41, 5.74) is 3.62. The molecule has 0 fully saturated rings. The molecule has 190 valence electrons. The smallest absolute Gasteiger partial charge is 0.328 e. The topological polar surface area (TPSA) is 70.2 Å². The van der Waals surface area contributed by atoms with E-state index in [1.807, 2.05) is 5.43 Å². The molecule has 2 rings (SSSR count). The monoisotopic (exact) mass is 625 g/mol. The average molecular weight is 628 g/mol. The van der Waals surface area contributed by atoms with E-state index in [2.05, 4.69) is 15.9 Å². The van der Waals surface area contributed by atoms with Crippen LogP contribution in [0, 0.1) is 0 Å². The number of halogens is 10. The lowest BCUT2D eigenvalue weighted by Crippen LogP contribution is -2.49. The maximum Gasteiger partial charge on any atom is 0.405 e. The molecule has 1 atom stereocenters. The molecular weight excluding hydrogens is 614 g/mol. The number of allylic oxidation sites excluding steroid dienone is 1. The molecule has 0 saturated carbocycles. The standard InChI is InChI=1S/C20H13BrCl3F6N3O2/c21-13-5-9(1-3-11(13)17(34)32-33-18(35)31-8-19(25,26)27)2-4-12(20(28,29)30)10-6-14(22)16(24)15(23)7-10/h1-7,12H,8H2,(H,32,34)(H2,31,33,35)/b4-2+. The van der Waals surface area contributed by atoms with Gasteiger partial charge in [-0.25, -0.2) is 10.2 Å². The quantitative estimate of drug-likeness (QED) is 0.185. The molecule has 0 radical (unpaired) electrons. The number of hydrogen-bond donors (Lipinski definition) is 3. The molecule has 3 N–H and O–H groups in total. The van der Waals surface area contributed by atoms with E-state index in [1.165, 1.54) is 23.5 Å². The van der Waals surface area contributed by atoms with Crippen LogP contribution < -0.4 is 16.2 Å². The van der Waals surface area contributed by atoms with Crippen LogP contribution in [0.2, 0.25) is 15.1 Å². The van der Waals surface area contributed by atoms with Crippen LogP contribution >= 0.6 is 50.7 Å². The first-order valence-electron chi connectivity index (χ1n) is 9.18. The Morgan fingerprint density at radius 1 is 0.971 bits per heavy atom. The van der Waals surface area contributed by atoms with Gasteiger partial charge in [0.1, 0.15) is 6.54 Å². The van der Waals surface area contributed by atoms with Crippen LogP contribution in [0.5, 0.6) is 0 Å². The molecule has 0 saturated heterocycles. The molecule has 1 unspecified atom stereocenters. The number of urea groups is 1. The zero-order valence-corrected chi connectivity index (χ0v) is 20.8. The van der Waals surface area contributed by atoms with Crippen molar-refractivity contribution in [2.45, 2.75) is 18.3 Å². The van der Waals surface area contributed by atoms with Gasteiger partial charge in [0.15, 0.2) is 0 Å². The van der Waals surface area contributed by atoms with Crippen LogP contribution in [-0.4, -0.2) is 30.8 Å². The van der Waals surface area contributed by atoms with Gasteiger partial charge in [0.2, 0.25) is 0 Å². The highest BCUT2D eigenvalue weighted by Gasteiger charge is 2.39. The number of hydrazine groups is 1. The SMILES string of the molecule is O=C(NCC(F)(F)F)NNC(=O)c1ccc(/C=C/C(c2cc(Cl)c(Cl)c(Cl)c2)C(F)(F)F)cc1Br. The maximum atomic E-state index is 13.7. The maximum absolute atomic E-state index is 13.7. The summed E-state index contributed by atoms with van der Waals surface area (Å²) in [5.74, 6) is -2.97. The molecule has 3 amide bonds. The Labute approximate surface area is 217 Å². The number of amides is 3. The largest absolute Gasteiger partial charge is 0.405 e. The summed E-state index contributed by atoms with van der Waals surface area (Å²) in [6.45, 7) is -1.60. The second-order valence-corrected chi connectivity index (χ2v) is 8.84. The van der Waals surface area contributed by atoms with Crippen molar-refractivity contribution in [1.82, 2.24) is 16.2 Å². The minimum Gasteiger partial charge on any atom is -0.328 e. The van der Waals surface area contributed by atoms with Crippen molar-refractivity contribution in [2.24, 2.45) is 0 Å². The lowest BCUT2D eigenvalue weighted by atomic mass is 9.97. The highest BCUT2D eigenvalue weighted by atomic mass is 79.9. The Morgan fingerprint density at radius 3 is 2.09 bits per heavy atom. The zero-order valence-electron chi connectivity index (χ0n) is 16.9. The van der Waals surface area contributed by atoms with Gasteiger partial charge in [-0.1, -0.05) is 53.0 Å². The van der Waals surface area contributed by atoms with Gasteiger partial charge in [0.05, 0.1) is 26.5 Å². The molecule has 35 heavy (non-hydrogen) atoms. The van der Waals surface area contributed by atoms with E-state index in [0.29, 0.717) is 0 Å². The van der Waals surface area contributed by atoms with Crippen LogP contribution in [0.15, 0.2) is 40.9 Å². The van der Waals surface area contributed by atoms with Gasteiger partial charge in [-0.2, -0.15) is 26.3 Å². The minimum atomic E-state index is -4.69. The molecule has 0 aromatic heterocycles. The molecule has 0 aliphatic carbocycles. The Kier molecular flexibility index (Phi) is 9.74. The van der Waals surface area contributed by atoms with Crippen molar-refractivity contribution in [1.29, 1.82) is 0 Å². The molecular formula is C20H13BrCl3F6N3O2. The summed E-state index contributed by atoms with van der Waals surface area (Å²) < 4.78 is 77.3. The summed E-state index contributed by atoms with van der Waals surface area (Å²) in [7, 11) is 0. The highest BCUT2D eigenvalue weighted by Crippen LogP contribution is 2.41. The van der Waals surface area contributed by atoms with Gasteiger partial charge in [-0.05, 0) is 51.3 Å². The van der Waals surface area contributed by atoms with Crippen molar-refractivity contribution >= 4 is 68.7 Å². The Bertz CT molecular complexity index is 1120. The molecule has 2 aromatic rings. The van der Waals surface area contributed by atoms with E-state index in [4.69, 9.17) is 34.8 Å². The average Bonchev–Trinajstić information content (AvgIpc) is 2.73. The third-order valence-corrected chi connectivity index (χ3v) is 6.03. The summed E-state index contributed by atoms with van der Waals surface area (Å²) >= 11 is 20.6. The zero-order chi connectivity index (χ0) is 26.6. The number of rotatable bonds is 5. The number of carbonyl (C=O) groups excluding carboxylic acids is 2. The van der Waals surface area contributed by atoms with Crippen molar-refractivity contribution < 1.29 is 35.9 Å². The molecule has 2 aromatic carbocycles. The lowest BCUT2D eigenvalue weighted by Gasteiger charge is -2.18. The second-order valence-electron chi connectivity index (χ2n) is 6.79. The molecule has 15 heteroatoms. The minimum absolute atomic E-state index is 0.0538. The summed E-state index contributed by atoms with van der Waals surface area (Å²) in [5, 5.41) is 1.13. The van der Waals surface area contributed by atoms with Gasteiger partial charge in [0.25, 0.3) is 5.91 Å². The third-order valence-electron chi connectivity index (χ3n) is 4.18. The van der Waals surface area contributed by atoms with E-state index in [-0.39, 0.29) is 36.2 Å².